The summed E-state index contributed by atoms with van der Waals surface area (Å²) in [5, 5.41) is 3.23. The summed E-state index contributed by atoms with van der Waals surface area (Å²) in [5.74, 6) is 0.644. The third kappa shape index (κ3) is 3.31. The molecule has 1 atom stereocenters. The van der Waals surface area contributed by atoms with Gasteiger partial charge in [0.15, 0.2) is 0 Å². The molecule has 3 aromatic rings. The van der Waals surface area contributed by atoms with Crippen LogP contribution in [0.2, 0.25) is 0 Å². The van der Waals surface area contributed by atoms with Gasteiger partial charge in [-0.3, -0.25) is 4.79 Å². The number of carbonyl (C=O) groups is 1. The van der Waals surface area contributed by atoms with Gasteiger partial charge < -0.3 is 16.0 Å². The van der Waals surface area contributed by atoms with Gasteiger partial charge in [-0.1, -0.05) is 36.4 Å². The third-order valence-corrected chi connectivity index (χ3v) is 4.68. The van der Waals surface area contributed by atoms with Gasteiger partial charge in [0.25, 0.3) is 0 Å². The van der Waals surface area contributed by atoms with Crippen molar-refractivity contribution in [3.05, 3.63) is 71.5 Å². The molecule has 0 radical (unpaired) electrons. The normalized spacial score (nSPS) is 15.4. The summed E-state index contributed by atoms with van der Waals surface area (Å²) in [6.45, 7) is 2.70. The number of primary amides is 1. The Balaban J connectivity index is 1.61. The SMILES string of the molecule is CC1Cc2c(C(N)=O)cccc2N1c1ncnc(NCc2ccccc2)n1. The van der Waals surface area contributed by atoms with Gasteiger partial charge in [0.05, 0.1) is 0 Å². The molecule has 7 heteroatoms. The molecular weight excluding hydrogens is 340 g/mol. The van der Waals surface area contributed by atoms with Gasteiger partial charge in [-0.2, -0.15) is 4.98 Å². The van der Waals surface area contributed by atoms with E-state index in [1.807, 2.05) is 47.4 Å². The van der Waals surface area contributed by atoms with Crippen molar-refractivity contribution in [3.8, 4) is 0 Å². The molecular formula is C20H20N6O. The van der Waals surface area contributed by atoms with E-state index in [4.69, 9.17) is 5.73 Å². The molecule has 0 saturated heterocycles. The summed E-state index contributed by atoms with van der Waals surface area (Å²) < 4.78 is 0. The molecule has 0 aliphatic carbocycles. The molecule has 7 nitrogen and oxygen atoms in total. The third-order valence-electron chi connectivity index (χ3n) is 4.68. The molecule has 3 N–H and O–H groups in total. The second-order valence-electron chi connectivity index (χ2n) is 6.54. The van der Waals surface area contributed by atoms with Crippen LogP contribution in [0.25, 0.3) is 0 Å². The van der Waals surface area contributed by atoms with Crippen LogP contribution >= 0.6 is 0 Å². The highest BCUT2D eigenvalue weighted by molar-refractivity contribution is 5.96. The number of hydrogen-bond donors (Lipinski definition) is 2. The summed E-state index contributed by atoms with van der Waals surface area (Å²) in [7, 11) is 0. The Morgan fingerprint density at radius 2 is 2.00 bits per heavy atom. The lowest BCUT2D eigenvalue weighted by Crippen LogP contribution is -2.26. The number of anilines is 3. The van der Waals surface area contributed by atoms with Crippen LogP contribution in [0.1, 0.15) is 28.4 Å². The fourth-order valence-corrected chi connectivity index (χ4v) is 3.44. The quantitative estimate of drug-likeness (QED) is 0.726. The smallest absolute Gasteiger partial charge is 0.249 e. The molecule has 0 bridgehead atoms. The molecule has 1 aliphatic heterocycles. The van der Waals surface area contributed by atoms with Crippen LogP contribution in [0.15, 0.2) is 54.9 Å². The average molecular weight is 360 g/mol. The number of aromatic nitrogens is 3. The number of rotatable bonds is 5. The van der Waals surface area contributed by atoms with Crippen LogP contribution < -0.4 is 16.0 Å². The molecule has 27 heavy (non-hydrogen) atoms. The zero-order valence-electron chi connectivity index (χ0n) is 15.0. The van der Waals surface area contributed by atoms with Crippen molar-refractivity contribution >= 4 is 23.5 Å². The Morgan fingerprint density at radius 3 is 2.78 bits per heavy atom. The summed E-state index contributed by atoms with van der Waals surface area (Å²) >= 11 is 0. The summed E-state index contributed by atoms with van der Waals surface area (Å²) in [6, 6.07) is 15.7. The van der Waals surface area contributed by atoms with E-state index in [9.17, 15) is 4.79 Å². The number of hydrogen-bond acceptors (Lipinski definition) is 6. The first-order chi connectivity index (χ1) is 13.1. The number of nitrogens with one attached hydrogen (secondary N) is 1. The van der Waals surface area contributed by atoms with Gasteiger partial charge in [-0.15, -0.1) is 0 Å². The highest BCUT2D eigenvalue weighted by Crippen LogP contribution is 2.38. The lowest BCUT2D eigenvalue weighted by Gasteiger charge is -2.22. The molecule has 1 aliphatic rings. The largest absolute Gasteiger partial charge is 0.366 e. The van der Waals surface area contributed by atoms with E-state index in [1.54, 1.807) is 6.07 Å². The number of fused-ring (bicyclic) bond motifs is 1. The summed E-state index contributed by atoms with van der Waals surface area (Å²) in [4.78, 5) is 26.9. The minimum atomic E-state index is -0.415. The fourth-order valence-electron chi connectivity index (χ4n) is 3.44. The second-order valence-corrected chi connectivity index (χ2v) is 6.54. The first kappa shape index (κ1) is 17.0. The van der Waals surface area contributed by atoms with E-state index in [-0.39, 0.29) is 6.04 Å². The van der Waals surface area contributed by atoms with E-state index in [0.717, 1.165) is 16.8 Å². The molecule has 1 amide bonds. The van der Waals surface area contributed by atoms with Crippen LogP contribution in [-0.2, 0) is 13.0 Å². The number of carbonyl (C=O) groups excluding carboxylic acids is 1. The van der Waals surface area contributed by atoms with Crippen molar-refractivity contribution in [1.82, 2.24) is 15.0 Å². The first-order valence-electron chi connectivity index (χ1n) is 8.81. The van der Waals surface area contributed by atoms with Crippen LogP contribution in [0.5, 0.6) is 0 Å². The molecule has 0 spiro atoms. The maximum absolute atomic E-state index is 11.7. The van der Waals surface area contributed by atoms with Gasteiger partial charge in [0.1, 0.15) is 6.33 Å². The molecule has 1 aromatic heterocycles. The first-order valence-corrected chi connectivity index (χ1v) is 8.81. The van der Waals surface area contributed by atoms with E-state index in [2.05, 4.69) is 27.2 Å². The molecule has 136 valence electrons. The number of benzene rings is 2. The van der Waals surface area contributed by atoms with E-state index < -0.39 is 5.91 Å². The average Bonchev–Trinajstić information content (AvgIpc) is 3.03. The molecule has 1 unspecified atom stereocenters. The van der Waals surface area contributed by atoms with Crippen LogP contribution in [0.3, 0.4) is 0 Å². The number of nitrogens with zero attached hydrogens (tertiary/aromatic N) is 4. The minimum Gasteiger partial charge on any atom is -0.366 e. The zero-order chi connectivity index (χ0) is 18.8. The monoisotopic (exact) mass is 360 g/mol. The molecule has 0 fully saturated rings. The van der Waals surface area contributed by atoms with Gasteiger partial charge in [0, 0.05) is 23.8 Å². The Bertz CT molecular complexity index is 975. The second kappa shape index (κ2) is 7.03. The lowest BCUT2D eigenvalue weighted by atomic mass is 10.0. The molecule has 2 heterocycles. The van der Waals surface area contributed by atoms with Gasteiger partial charge >= 0.3 is 0 Å². The van der Waals surface area contributed by atoms with Crippen LogP contribution in [0, 0.1) is 0 Å². The Hall–Kier alpha value is -3.48. The van der Waals surface area contributed by atoms with E-state index >= 15 is 0 Å². The van der Waals surface area contributed by atoms with Crippen molar-refractivity contribution in [2.45, 2.75) is 25.9 Å². The lowest BCUT2D eigenvalue weighted by molar-refractivity contribution is 0.0999. The van der Waals surface area contributed by atoms with Crippen molar-refractivity contribution in [1.29, 1.82) is 0 Å². The van der Waals surface area contributed by atoms with Crippen molar-refractivity contribution in [2.24, 2.45) is 5.73 Å². The number of nitrogens with two attached hydrogens (primary N) is 1. The van der Waals surface area contributed by atoms with Gasteiger partial charge in [-0.05, 0) is 36.6 Å². The maximum atomic E-state index is 11.7. The topological polar surface area (TPSA) is 97.0 Å². The molecule has 2 aromatic carbocycles. The zero-order valence-corrected chi connectivity index (χ0v) is 15.0. The van der Waals surface area contributed by atoms with Crippen LogP contribution in [0.4, 0.5) is 17.6 Å². The Kier molecular flexibility index (Phi) is 4.42. The fraction of sp³-hybridized carbons (Fsp3) is 0.200. The highest BCUT2D eigenvalue weighted by Gasteiger charge is 2.31. The van der Waals surface area contributed by atoms with Gasteiger partial charge in [0.2, 0.25) is 17.8 Å². The summed E-state index contributed by atoms with van der Waals surface area (Å²) in [5.41, 5.74) is 9.08. The van der Waals surface area contributed by atoms with Crippen molar-refractivity contribution < 1.29 is 4.79 Å². The molecule has 4 rings (SSSR count). The summed E-state index contributed by atoms with van der Waals surface area (Å²) in [6.07, 6.45) is 2.21. The van der Waals surface area contributed by atoms with E-state index in [1.165, 1.54) is 6.33 Å². The predicted molar refractivity (Wildman–Crippen MR) is 104 cm³/mol. The van der Waals surface area contributed by atoms with Crippen molar-refractivity contribution in [3.63, 3.8) is 0 Å². The number of amides is 1. The van der Waals surface area contributed by atoms with Gasteiger partial charge in [-0.25, -0.2) is 9.97 Å². The van der Waals surface area contributed by atoms with Crippen LogP contribution in [-0.4, -0.2) is 26.9 Å². The maximum Gasteiger partial charge on any atom is 0.249 e. The predicted octanol–water partition coefficient (Wildman–Crippen LogP) is 2.67. The van der Waals surface area contributed by atoms with Crippen molar-refractivity contribution in [2.75, 3.05) is 10.2 Å². The standard InChI is InChI=1S/C20H20N6O/c1-13-10-16-15(18(21)27)8-5-9-17(16)26(13)20-24-12-23-19(25-20)22-11-14-6-3-2-4-7-14/h2-9,12-13H,10-11H2,1H3,(H2,21,27)(H,22,23,24,25). The highest BCUT2D eigenvalue weighted by atomic mass is 16.1. The Morgan fingerprint density at radius 1 is 1.19 bits per heavy atom. The van der Waals surface area contributed by atoms with E-state index in [0.29, 0.717) is 30.4 Å². The minimum absolute atomic E-state index is 0.116. The Labute approximate surface area is 157 Å². The molecule has 0 saturated carbocycles.